The van der Waals surface area contributed by atoms with Crippen LogP contribution >= 0.6 is 0 Å². The van der Waals surface area contributed by atoms with Crippen molar-refractivity contribution < 1.29 is 9.47 Å². The molecule has 0 N–H and O–H groups in total. The monoisotopic (exact) mass is 200 g/mol. The van der Waals surface area contributed by atoms with Crippen molar-refractivity contribution in [3.63, 3.8) is 0 Å². The van der Waals surface area contributed by atoms with Crippen LogP contribution in [0.3, 0.4) is 0 Å². The van der Waals surface area contributed by atoms with Gasteiger partial charge in [0.2, 0.25) is 0 Å². The lowest BCUT2D eigenvalue weighted by Crippen LogP contribution is -2.40. The fraction of sp³-hybridized carbons (Fsp3) is 1.00. The highest BCUT2D eigenvalue weighted by Gasteiger charge is 2.33. The van der Waals surface area contributed by atoms with E-state index in [4.69, 9.17) is 9.47 Å². The molecule has 1 saturated heterocycles. The van der Waals surface area contributed by atoms with Crippen molar-refractivity contribution >= 4 is 0 Å². The Hall–Kier alpha value is -0.0800. The minimum atomic E-state index is 0.0479. The smallest absolute Gasteiger partial charge is 0.147 e. The normalized spacial score (nSPS) is 35.6. The molecule has 14 heavy (non-hydrogen) atoms. The quantitative estimate of drug-likeness (QED) is 0.693. The van der Waals surface area contributed by atoms with Crippen molar-refractivity contribution in [2.75, 3.05) is 6.79 Å². The summed E-state index contributed by atoms with van der Waals surface area (Å²) in [5, 5.41) is 0. The molecule has 0 radical (unpaired) electrons. The predicted octanol–water partition coefficient (Wildman–Crippen LogP) is 3.35. The van der Waals surface area contributed by atoms with Crippen LogP contribution in [0.15, 0.2) is 0 Å². The summed E-state index contributed by atoms with van der Waals surface area (Å²) in [6.07, 6.45) is 5.11. The van der Waals surface area contributed by atoms with Crippen LogP contribution in [-0.4, -0.2) is 18.5 Å². The van der Waals surface area contributed by atoms with E-state index in [9.17, 15) is 0 Å². The molecule has 2 nitrogen and oxygen atoms in total. The molecule has 84 valence electrons. The van der Waals surface area contributed by atoms with Gasteiger partial charge in [0.15, 0.2) is 0 Å². The molecule has 0 aliphatic carbocycles. The highest BCUT2D eigenvalue weighted by Crippen LogP contribution is 2.31. The van der Waals surface area contributed by atoms with Crippen molar-refractivity contribution in [2.45, 2.75) is 65.1 Å². The van der Waals surface area contributed by atoms with Crippen LogP contribution in [-0.2, 0) is 9.47 Å². The van der Waals surface area contributed by atoms with Gasteiger partial charge in [0.1, 0.15) is 6.79 Å². The second-order valence-corrected chi connectivity index (χ2v) is 4.99. The second-order valence-electron chi connectivity index (χ2n) is 4.99. The van der Waals surface area contributed by atoms with Crippen LogP contribution < -0.4 is 0 Å². The summed E-state index contributed by atoms with van der Waals surface area (Å²) < 4.78 is 11.1. The molecule has 0 aromatic heterocycles. The van der Waals surface area contributed by atoms with Gasteiger partial charge in [-0.1, -0.05) is 26.7 Å². The Morgan fingerprint density at radius 1 is 1.50 bits per heavy atom. The van der Waals surface area contributed by atoms with Crippen molar-refractivity contribution in [1.29, 1.82) is 0 Å². The summed E-state index contributed by atoms with van der Waals surface area (Å²) in [6, 6.07) is 0. The maximum atomic E-state index is 5.73. The topological polar surface area (TPSA) is 18.5 Å². The minimum Gasteiger partial charge on any atom is -0.352 e. The third-order valence-corrected chi connectivity index (χ3v) is 3.04. The van der Waals surface area contributed by atoms with Crippen molar-refractivity contribution in [1.82, 2.24) is 0 Å². The van der Waals surface area contributed by atoms with Gasteiger partial charge in [0.05, 0.1) is 11.7 Å². The van der Waals surface area contributed by atoms with Crippen LogP contribution in [0.25, 0.3) is 0 Å². The molecule has 0 aromatic rings. The van der Waals surface area contributed by atoms with Gasteiger partial charge in [-0.2, -0.15) is 0 Å². The molecule has 1 rings (SSSR count). The standard InChI is InChI=1S/C12H24O2/c1-5-6-10(2)7-12(4)8-11(3)13-9-14-12/h10-11H,5-9H2,1-4H3/t10?,11-,12?/m1/s1. The van der Waals surface area contributed by atoms with Gasteiger partial charge in [-0.25, -0.2) is 0 Å². The maximum Gasteiger partial charge on any atom is 0.147 e. The summed E-state index contributed by atoms with van der Waals surface area (Å²) in [5.41, 5.74) is 0.0479. The fourth-order valence-corrected chi connectivity index (χ4v) is 2.49. The lowest BCUT2D eigenvalue weighted by atomic mass is 9.86. The largest absolute Gasteiger partial charge is 0.352 e. The van der Waals surface area contributed by atoms with Gasteiger partial charge >= 0.3 is 0 Å². The van der Waals surface area contributed by atoms with E-state index >= 15 is 0 Å². The Balaban J connectivity index is 2.39. The minimum absolute atomic E-state index is 0.0479. The zero-order chi connectivity index (χ0) is 10.6. The predicted molar refractivity (Wildman–Crippen MR) is 58.2 cm³/mol. The summed E-state index contributed by atoms with van der Waals surface area (Å²) in [6.45, 7) is 9.38. The first-order valence-corrected chi connectivity index (χ1v) is 5.81. The van der Waals surface area contributed by atoms with Gasteiger partial charge < -0.3 is 9.47 Å². The van der Waals surface area contributed by atoms with Gasteiger partial charge in [-0.15, -0.1) is 0 Å². The van der Waals surface area contributed by atoms with Crippen LogP contribution in [0.5, 0.6) is 0 Å². The molecule has 3 atom stereocenters. The summed E-state index contributed by atoms with van der Waals surface area (Å²) >= 11 is 0. The first-order chi connectivity index (χ1) is 6.56. The van der Waals surface area contributed by atoms with Crippen LogP contribution in [0.4, 0.5) is 0 Å². The van der Waals surface area contributed by atoms with Gasteiger partial charge in [0, 0.05) is 6.42 Å². The third-order valence-electron chi connectivity index (χ3n) is 3.04. The lowest BCUT2D eigenvalue weighted by Gasteiger charge is -2.38. The van der Waals surface area contributed by atoms with Crippen molar-refractivity contribution in [2.24, 2.45) is 5.92 Å². The van der Waals surface area contributed by atoms with Gasteiger partial charge in [0.25, 0.3) is 0 Å². The number of ether oxygens (including phenoxy) is 2. The molecule has 0 saturated carbocycles. The average Bonchev–Trinajstić information content (AvgIpc) is 2.02. The van der Waals surface area contributed by atoms with Gasteiger partial charge in [-0.05, 0) is 26.2 Å². The molecule has 1 heterocycles. The number of rotatable bonds is 4. The molecule has 1 aliphatic heterocycles. The summed E-state index contributed by atoms with van der Waals surface area (Å²) in [5.74, 6) is 0.760. The highest BCUT2D eigenvalue weighted by atomic mass is 16.7. The summed E-state index contributed by atoms with van der Waals surface area (Å²) in [4.78, 5) is 0. The lowest BCUT2D eigenvalue weighted by molar-refractivity contribution is -0.217. The summed E-state index contributed by atoms with van der Waals surface area (Å²) in [7, 11) is 0. The zero-order valence-electron chi connectivity index (χ0n) is 10.0. The van der Waals surface area contributed by atoms with E-state index in [1.807, 2.05) is 0 Å². The molecular weight excluding hydrogens is 176 g/mol. The molecule has 0 amide bonds. The molecular formula is C12H24O2. The average molecular weight is 200 g/mol. The van der Waals surface area contributed by atoms with E-state index in [-0.39, 0.29) is 5.60 Å². The SMILES string of the molecule is CCCC(C)CC1(C)C[C@@H](C)OCO1. The number of hydrogen-bond donors (Lipinski definition) is 0. The fourth-order valence-electron chi connectivity index (χ4n) is 2.49. The molecule has 2 heteroatoms. The Bertz CT molecular complexity index is 170. The van der Waals surface area contributed by atoms with Crippen molar-refractivity contribution in [3.05, 3.63) is 0 Å². The molecule has 0 spiro atoms. The first-order valence-electron chi connectivity index (χ1n) is 5.81. The Morgan fingerprint density at radius 2 is 2.21 bits per heavy atom. The van der Waals surface area contributed by atoms with E-state index in [1.165, 1.54) is 12.8 Å². The van der Waals surface area contributed by atoms with E-state index < -0.39 is 0 Å². The Morgan fingerprint density at radius 3 is 2.79 bits per heavy atom. The maximum absolute atomic E-state index is 5.73. The van der Waals surface area contributed by atoms with E-state index in [2.05, 4.69) is 27.7 Å². The highest BCUT2D eigenvalue weighted by molar-refractivity contribution is 4.81. The third kappa shape index (κ3) is 3.58. The first kappa shape index (κ1) is 12.0. The van der Waals surface area contributed by atoms with E-state index in [0.717, 1.165) is 18.8 Å². The van der Waals surface area contributed by atoms with Gasteiger partial charge in [-0.3, -0.25) is 0 Å². The molecule has 0 aromatic carbocycles. The molecule has 0 bridgehead atoms. The molecule has 2 unspecified atom stereocenters. The second kappa shape index (κ2) is 5.13. The van der Waals surface area contributed by atoms with E-state index in [0.29, 0.717) is 12.9 Å². The number of hydrogen-bond acceptors (Lipinski definition) is 2. The van der Waals surface area contributed by atoms with Crippen LogP contribution in [0, 0.1) is 5.92 Å². The Kier molecular flexibility index (Phi) is 4.39. The molecule has 1 fully saturated rings. The zero-order valence-corrected chi connectivity index (χ0v) is 10.0. The molecule has 1 aliphatic rings. The van der Waals surface area contributed by atoms with E-state index in [1.54, 1.807) is 0 Å². The van der Waals surface area contributed by atoms with Crippen LogP contribution in [0.2, 0.25) is 0 Å². The Labute approximate surface area is 88.0 Å². The van der Waals surface area contributed by atoms with Crippen LogP contribution in [0.1, 0.15) is 53.4 Å². The van der Waals surface area contributed by atoms with Crippen molar-refractivity contribution in [3.8, 4) is 0 Å².